The van der Waals surface area contributed by atoms with Crippen molar-refractivity contribution in [3.63, 3.8) is 0 Å². The van der Waals surface area contributed by atoms with Gasteiger partial charge in [0.15, 0.2) is 0 Å². The average molecular weight is 369 g/mol. The Bertz CT molecular complexity index is 743. The zero-order valence-electron chi connectivity index (χ0n) is 14.9. The number of likely N-dealkylation sites (tertiary alicyclic amines) is 1. The largest absolute Gasteiger partial charge is 0.351 e. The molecule has 1 atom stereocenters. The van der Waals surface area contributed by atoms with Crippen molar-refractivity contribution in [1.29, 1.82) is 0 Å². The Labute approximate surface area is 158 Å². The number of nitrogens with zero attached hydrogens (tertiary/aromatic N) is 2. The van der Waals surface area contributed by atoms with E-state index in [0.717, 1.165) is 36.5 Å². The smallest absolute Gasteiger partial charge is 0.255 e. The lowest BCUT2D eigenvalue weighted by Gasteiger charge is -2.15. The number of nitrogens with one attached hydrogen (secondary N) is 1. The second-order valence-corrected chi connectivity index (χ2v) is 7.71. The van der Waals surface area contributed by atoms with E-state index < -0.39 is 0 Å². The summed E-state index contributed by atoms with van der Waals surface area (Å²) in [5, 5.41) is 3.42. The van der Waals surface area contributed by atoms with E-state index in [-0.39, 0.29) is 17.1 Å². The SMILES string of the molecule is CC(Sc1ccc(C(=O)N2CCCC2)cn1)C(=O)NCc1ccccc1. The van der Waals surface area contributed by atoms with Crippen LogP contribution in [0.15, 0.2) is 53.7 Å². The third-order valence-corrected chi connectivity index (χ3v) is 5.40. The third-order valence-electron chi connectivity index (χ3n) is 4.35. The van der Waals surface area contributed by atoms with Crippen LogP contribution in [0.2, 0.25) is 0 Å². The molecule has 1 fully saturated rings. The van der Waals surface area contributed by atoms with Gasteiger partial charge in [0.2, 0.25) is 5.91 Å². The number of carbonyl (C=O) groups is 2. The van der Waals surface area contributed by atoms with Crippen LogP contribution in [0.5, 0.6) is 0 Å². The lowest BCUT2D eigenvalue weighted by molar-refractivity contribution is -0.120. The van der Waals surface area contributed by atoms with Gasteiger partial charge in [0.05, 0.1) is 15.8 Å². The van der Waals surface area contributed by atoms with Crippen LogP contribution >= 0.6 is 11.8 Å². The first-order valence-corrected chi connectivity index (χ1v) is 9.75. The highest BCUT2D eigenvalue weighted by atomic mass is 32.2. The first kappa shape index (κ1) is 18.5. The summed E-state index contributed by atoms with van der Waals surface area (Å²) in [6, 6.07) is 13.4. The van der Waals surface area contributed by atoms with Crippen LogP contribution in [0.25, 0.3) is 0 Å². The number of hydrogen-bond donors (Lipinski definition) is 1. The van der Waals surface area contributed by atoms with Gasteiger partial charge >= 0.3 is 0 Å². The number of thioether (sulfide) groups is 1. The molecule has 0 saturated carbocycles. The summed E-state index contributed by atoms with van der Waals surface area (Å²) < 4.78 is 0. The molecule has 0 bridgehead atoms. The number of rotatable bonds is 6. The van der Waals surface area contributed by atoms with E-state index in [9.17, 15) is 9.59 Å². The molecule has 1 saturated heterocycles. The molecule has 2 heterocycles. The number of aromatic nitrogens is 1. The minimum Gasteiger partial charge on any atom is -0.351 e. The quantitative estimate of drug-likeness (QED) is 0.795. The molecule has 2 aromatic rings. The van der Waals surface area contributed by atoms with E-state index >= 15 is 0 Å². The molecule has 1 unspecified atom stereocenters. The lowest BCUT2D eigenvalue weighted by Crippen LogP contribution is -2.30. The van der Waals surface area contributed by atoms with Crippen molar-refractivity contribution in [3.8, 4) is 0 Å². The van der Waals surface area contributed by atoms with Crippen molar-refractivity contribution < 1.29 is 9.59 Å². The van der Waals surface area contributed by atoms with Gasteiger partial charge < -0.3 is 10.2 Å². The van der Waals surface area contributed by atoms with E-state index in [1.54, 1.807) is 12.3 Å². The van der Waals surface area contributed by atoms with Gasteiger partial charge in [-0.15, -0.1) is 0 Å². The monoisotopic (exact) mass is 369 g/mol. The fraction of sp³-hybridized carbons (Fsp3) is 0.350. The minimum absolute atomic E-state index is 0.0297. The second-order valence-electron chi connectivity index (χ2n) is 6.35. The first-order valence-electron chi connectivity index (χ1n) is 8.87. The Balaban J connectivity index is 1.51. The molecular weight excluding hydrogens is 346 g/mol. The molecular formula is C20H23N3O2S. The zero-order chi connectivity index (χ0) is 18.4. The first-order chi connectivity index (χ1) is 12.6. The van der Waals surface area contributed by atoms with E-state index in [1.165, 1.54) is 11.8 Å². The van der Waals surface area contributed by atoms with E-state index in [0.29, 0.717) is 12.1 Å². The van der Waals surface area contributed by atoms with Crippen LogP contribution in [0, 0.1) is 0 Å². The van der Waals surface area contributed by atoms with Crippen molar-refractivity contribution in [2.45, 2.75) is 36.6 Å². The van der Waals surface area contributed by atoms with E-state index in [4.69, 9.17) is 0 Å². The van der Waals surface area contributed by atoms with Gasteiger partial charge in [-0.1, -0.05) is 42.1 Å². The lowest BCUT2D eigenvalue weighted by atomic mass is 10.2. The predicted molar refractivity (Wildman–Crippen MR) is 103 cm³/mol. The molecule has 0 radical (unpaired) electrons. The maximum atomic E-state index is 12.3. The molecule has 0 spiro atoms. The molecule has 1 aliphatic rings. The predicted octanol–water partition coefficient (Wildman–Crippen LogP) is 3.11. The van der Waals surface area contributed by atoms with Crippen molar-refractivity contribution >= 4 is 23.6 Å². The Morgan fingerprint density at radius 3 is 2.54 bits per heavy atom. The summed E-state index contributed by atoms with van der Waals surface area (Å²) in [4.78, 5) is 30.8. The second kappa shape index (κ2) is 8.85. The minimum atomic E-state index is -0.258. The van der Waals surface area contributed by atoms with Crippen LogP contribution < -0.4 is 5.32 Å². The highest BCUT2D eigenvalue weighted by molar-refractivity contribution is 8.00. The number of carbonyl (C=O) groups excluding carboxylic acids is 2. The molecule has 2 amide bonds. The Hall–Kier alpha value is -2.34. The van der Waals surface area contributed by atoms with Crippen LogP contribution in [-0.4, -0.2) is 40.0 Å². The fourth-order valence-electron chi connectivity index (χ4n) is 2.84. The van der Waals surface area contributed by atoms with E-state index in [1.807, 2.05) is 48.2 Å². The summed E-state index contributed by atoms with van der Waals surface area (Å²) in [5.74, 6) is 0.0121. The van der Waals surface area contributed by atoms with Crippen LogP contribution in [0.4, 0.5) is 0 Å². The van der Waals surface area contributed by atoms with Gasteiger partial charge in [-0.3, -0.25) is 9.59 Å². The van der Waals surface area contributed by atoms with Crippen molar-refractivity contribution in [1.82, 2.24) is 15.2 Å². The van der Waals surface area contributed by atoms with Crippen molar-refractivity contribution in [2.75, 3.05) is 13.1 Å². The number of hydrogen-bond acceptors (Lipinski definition) is 4. The van der Waals surface area contributed by atoms with Gasteiger partial charge in [0.1, 0.15) is 0 Å². The molecule has 1 N–H and O–H groups in total. The topological polar surface area (TPSA) is 62.3 Å². The molecule has 1 aromatic heterocycles. The summed E-state index contributed by atoms with van der Waals surface area (Å²) in [6.45, 7) is 4.03. The van der Waals surface area contributed by atoms with Crippen LogP contribution in [0.3, 0.4) is 0 Å². The van der Waals surface area contributed by atoms with E-state index in [2.05, 4.69) is 10.3 Å². The zero-order valence-corrected chi connectivity index (χ0v) is 15.7. The maximum absolute atomic E-state index is 12.3. The molecule has 5 nitrogen and oxygen atoms in total. The summed E-state index contributed by atoms with van der Waals surface area (Å²) in [7, 11) is 0. The third kappa shape index (κ3) is 4.85. The number of benzene rings is 1. The fourth-order valence-corrected chi connectivity index (χ4v) is 3.66. The van der Waals surface area contributed by atoms with Gasteiger partial charge in [0, 0.05) is 25.8 Å². The average Bonchev–Trinajstić information content (AvgIpc) is 3.21. The Morgan fingerprint density at radius 2 is 1.88 bits per heavy atom. The highest BCUT2D eigenvalue weighted by Crippen LogP contribution is 2.22. The molecule has 1 aliphatic heterocycles. The molecule has 136 valence electrons. The summed E-state index contributed by atoms with van der Waals surface area (Å²) >= 11 is 1.39. The molecule has 0 aliphatic carbocycles. The molecule has 6 heteroatoms. The summed E-state index contributed by atoms with van der Waals surface area (Å²) in [6.07, 6.45) is 3.75. The molecule has 1 aromatic carbocycles. The maximum Gasteiger partial charge on any atom is 0.255 e. The number of amides is 2. The van der Waals surface area contributed by atoms with Gasteiger partial charge in [-0.25, -0.2) is 4.98 Å². The van der Waals surface area contributed by atoms with Crippen LogP contribution in [-0.2, 0) is 11.3 Å². The van der Waals surface area contributed by atoms with Gasteiger partial charge in [-0.2, -0.15) is 0 Å². The Morgan fingerprint density at radius 1 is 1.15 bits per heavy atom. The number of pyridine rings is 1. The van der Waals surface area contributed by atoms with Crippen LogP contribution in [0.1, 0.15) is 35.7 Å². The Kier molecular flexibility index (Phi) is 6.28. The van der Waals surface area contributed by atoms with Crippen molar-refractivity contribution in [2.24, 2.45) is 0 Å². The van der Waals surface area contributed by atoms with Gasteiger partial charge in [0.25, 0.3) is 5.91 Å². The standard InChI is InChI=1S/C20H23N3O2S/c1-15(19(24)22-13-16-7-3-2-4-8-16)26-18-10-9-17(14-21-18)20(25)23-11-5-6-12-23/h2-4,7-10,14-15H,5-6,11-13H2,1H3,(H,22,24). The highest BCUT2D eigenvalue weighted by Gasteiger charge is 2.20. The van der Waals surface area contributed by atoms with Crippen molar-refractivity contribution in [3.05, 3.63) is 59.8 Å². The molecule has 26 heavy (non-hydrogen) atoms. The normalized spacial score (nSPS) is 14.9. The summed E-state index contributed by atoms with van der Waals surface area (Å²) in [5.41, 5.74) is 1.68. The molecule has 3 rings (SSSR count). The van der Waals surface area contributed by atoms with Gasteiger partial charge in [-0.05, 0) is 37.5 Å².